The van der Waals surface area contributed by atoms with Crippen molar-refractivity contribution in [3.8, 4) is 0 Å². The molecule has 0 fully saturated rings. The normalized spacial score (nSPS) is 10.7. The number of benzene rings is 2. The second-order valence-corrected chi connectivity index (χ2v) is 6.61. The summed E-state index contributed by atoms with van der Waals surface area (Å²) in [5.41, 5.74) is 4.77. The lowest BCUT2D eigenvalue weighted by molar-refractivity contribution is 0.0772. The van der Waals surface area contributed by atoms with E-state index < -0.39 is 0 Å². The molecule has 0 aliphatic heterocycles. The first-order valence-electron chi connectivity index (χ1n) is 9.38. The summed E-state index contributed by atoms with van der Waals surface area (Å²) in [4.78, 5) is 35.9. The highest BCUT2D eigenvalue weighted by Gasteiger charge is 2.14. The molecule has 0 spiro atoms. The van der Waals surface area contributed by atoms with Crippen LogP contribution in [0.5, 0.6) is 0 Å². The van der Waals surface area contributed by atoms with Gasteiger partial charge < -0.3 is 10.2 Å². The minimum Gasteiger partial charge on any atom is -0.339 e. The molecule has 3 aromatic rings. The minimum atomic E-state index is -0.255. The van der Waals surface area contributed by atoms with Crippen LogP contribution in [0.2, 0.25) is 0 Å². The van der Waals surface area contributed by atoms with Crippen LogP contribution in [-0.2, 0) is 0 Å². The Morgan fingerprint density at radius 2 is 1.57 bits per heavy atom. The first kappa shape index (κ1) is 19.5. The first-order valence-corrected chi connectivity index (χ1v) is 9.38. The molecule has 0 saturated carbocycles. The number of nitrogens with zero attached hydrogens (tertiary/aromatic N) is 3. The number of rotatable bonds is 5. The molecule has 28 heavy (non-hydrogen) atoms. The monoisotopic (exact) mass is 376 g/mol. The molecule has 0 saturated heterocycles. The van der Waals surface area contributed by atoms with Crippen LogP contribution in [0, 0.1) is 13.8 Å². The number of carbonyl (C=O) groups is 2. The Morgan fingerprint density at radius 1 is 0.893 bits per heavy atom. The number of carbonyl (C=O) groups excluding carboxylic acids is 2. The average molecular weight is 376 g/mol. The van der Waals surface area contributed by atoms with E-state index in [0.717, 1.165) is 16.9 Å². The smallest absolute Gasteiger partial charge is 0.255 e. The van der Waals surface area contributed by atoms with Crippen LogP contribution in [0.4, 0.5) is 5.69 Å². The zero-order valence-electron chi connectivity index (χ0n) is 16.6. The molecule has 0 bridgehead atoms. The van der Waals surface area contributed by atoms with Crippen molar-refractivity contribution in [3.05, 3.63) is 65.0 Å². The molecular formula is C22H24N4O2. The fraction of sp³-hybridized carbons (Fsp3) is 0.273. The van der Waals surface area contributed by atoms with Gasteiger partial charge in [-0.05, 0) is 64.1 Å². The number of hydrogen-bond acceptors (Lipinski definition) is 4. The van der Waals surface area contributed by atoms with E-state index in [-0.39, 0.29) is 11.8 Å². The van der Waals surface area contributed by atoms with Gasteiger partial charge in [-0.25, -0.2) is 9.97 Å². The summed E-state index contributed by atoms with van der Waals surface area (Å²) in [7, 11) is 0. The van der Waals surface area contributed by atoms with Gasteiger partial charge in [0.05, 0.1) is 22.4 Å². The molecular weight excluding hydrogens is 352 g/mol. The van der Waals surface area contributed by atoms with Crippen LogP contribution >= 0.6 is 0 Å². The largest absolute Gasteiger partial charge is 0.339 e. The van der Waals surface area contributed by atoms with Crippen molar-refractivity contribution >= 4 is 28.5 Å². The number of aromatic nitrogens is 2. The van der Waals surface area contributed by atoms with Crippen molar-refractivity contribution in [2.45, 2.75) is 27.7 Å². The van der Waals surface area contributed by atoms with Crippen LogP contribution in [0.3, 0.4) is 0 Å². The maximum Gasteiger partial charge on any atom is 0.255 e. The van der Waals surface area contributed by atoms with Crippen molar-refractivity contribution in [2.75, 3.05) is 18.4 Å². The van der Waals surface area contributed by atoms with Crippen LogP contribution in [0.1, 0.15) is 46.0 Å². The van der Waals surface area contributed by atoms with Gasteiger partial charge >= 0.3 is 0 Å². The van der Waals surface area contributed by atoms with Gasteiger partial charge in [-0.15, -0.1) is 0 Å². The van der Waals surface area contributed by atoms with E-state index in [1.165, 1.54) is 0 Å². The fourth-order valence-corrected chi connectivity index (χ4v) is 3.00. The molecule has 2 aromatic carbocycles. The summed E-state index contributed by atoms with van der Waals surface area (Å²) < 4.78 is 0. The molecule has 0 radical (unpaired) electrons. The van der Waals surface area contributed by atoms with Crippen LogP contribution < -0.4 is 5.32 Å². The van der Waals surface area contributed by atoms with E-state index in [0.29, 0.717) is 35.4 Å². The Kier molecular flexibility index (Phi) is 5.68. The topological polar surface area (TPSA) is 75.2 Å². The third-order valence-corrected chi connectivity index (χ3v) is 4.76. The van der Waals surface area contributed by atoms with E-state index >= 15 is 0 Å². The van der Waals surface area contributed by atoms with E-state index in [1.54, 1.807) is 47.4 Å². The zero-order chi connectivity index (χ0) is 20.3. The molecule has 6 nitrogen and oxygen atoms in total. The van der Waals surface area contributed by atoms with Gasteiger partial charge in [0.25, 0.3) is 11.8 Å². The van der Waals surface area contributed by atoms with Crippen molar-refractivity contribution in [1.82, 2.24) is 14.9 Å². The Morgan fingerprint density at radius 3 is 2.25 bits per heavy atom. The molecule has 144 valence electrons. The standard InChI is InChI=1S/C22H24N4O2/c1-5-26(6-2)22(28)17-8-7-9-18(12-17)25-21(27)16-10-11-19-20(13-16)24-15(4)14(3)23-19/h7-13H,5-6H2,1-4H3,(H,25,27). The van der Waals surface area contributed by atoms with Gasteiger partial charge in [-0.1, -0.05) is 6.07 Å². The number of hydrogen-bond donors (Lipinski definition) is 1. The summed E-state index contributed by atoms with van der Waals surface area (Å²) in [6.07, 6.45) is 0. The summed E-state index contributed by atoms with van der Waals surface area (Å²) in [5, 5.41) is 2.86. The highest BCUT2D eigenvalue weighted by atomic mass is 16.2. The van der Waals surface area contributed by atoms with Crippen LogP contribution in [0.15, 0.2) is 42.5 Å². The van der Waals surface area contributed by atoms with Crippen LogP contribution in [-0.4, -0.2) is 39.8 Å². The molecule has 2 amide bonds. The maximum absolute atomic E-state index is 12.7. The van der Waals surface area contributed by atoms with E-state index in [9.17, 15) is 9.59 Å². The van der Waals surface area contributed by atoms with E-state index in [2.05, 4.69) is 15.3 Å². The molecule has 3 rings (SSSR count). The van der Waals surface area contributed by atoms with Crippen molar-refractivity contribution < 1.29 is 9.59 Å². The number of fused-ring (bicyclic) bond motifs is 1. The first-order chi connectivity index (χ1) is 13.4. The van der Waals surface area contributed by atoms with Crippen molar-refractivity contribution in [3.63, 3.8) is 0 Å². The lowest BCUT2D eigenvalue weighted by Gasteiger charge is -2.19. The number of aryl methyl sites for hydroxylation is 2. The fourth-order valence-electron chi connectivity index (χ4n) is 3.00. The molecule has 1 N–H and O–H groups in total. The van der Waals surface area contributed by atoms with Crippen LogP contribution in [0.25, 0.3) is 11.0 Å². The molecule has 0 unspecified atom stereocenters. The Balaban J connectivity index is 1.83. The average Bonchev–Trinajstić information content (AvgIpc) is 2.69. The summed E-state index contributed by atoms with van der Waals surface area (Å²) in [6, 6.07) is 12.3. The maximum atomic E-state index is 12.7. The molecule has 0 aliphatic rings. The number of anilines is 1. The highest BCUT2D eigenvalue weighted by Crippen LogP contribution is 2.17. The third kappa shape index (κ3) is 4.01. The second-order valence-electron chi connectivity index (χ2n) is 6.61. The third-order valence-electron chi connectivity index (χ3n) is 4.76. The Hall–Kier alpha value is -3.28. The molecule has 1 heterocycles. The second kappa shape index (κ2) is 8.17. The van der Waals surface area contributed by atoms with E-state index in [1.807, 2.05) is 27.7 Å². The molecule has 1 aromatic heterocycles. The van der Waals surface area contributed by atoms with Gasteiger partial charge in [0.2, 0.25) is 0 Å². The van der Waals surface area contributed by atoms with Crippen molar-refractivity contribution in [1.29, 1.82) is 0 Å². The molecule has 0 atom stereocenters. The lowest BCUT2D eigenvalue weighted by atomic mass is 10.1. The van der Waals surface area contributed by atoms with E-state index in [4.69, 9.17) is 0 Å². The van der Waals surface area contributed by atoms with Gasteiger partial charge in [0, 0.05) is 29.9 Å². The molecule has 0 aliphatic carbocycles. The zero-order valence-corrected chi connectivity index (χ0v) is 16.6. The Bertz CT molecular complexity index is 1040. The summed E-state index contributed by atoms with van der Waals surface area (Å²) in [6.45, 7) is 8.98. The minimum absolute atomic E-state index is 0.0482. The Labute approximate surface area is 164 Å². The molecule has 6 heteroatoms. The lowest BCUT2D eigenvalue weighted by Crippen LogP contribution is -2.30. The van der Waals surface area contributed by atoms with Gasteiger partial charge in [0.15, 0.2) is 0 Å². The quantitative estimate of drug-likeness (QED) is 0.731. The van der Waals surface area contributed by atoms with Gasteiger partial charge in [-0.2, -0.15) is 0 Å². The van der Waals surface area contributed by atoms with Gasteiger partial charge in [0.1, 0.15) is 0 Å². The number of nitrogens with one attached hydrogen (secondary N) is 1. The predicted octanol–water partition coefficient (Wildman–Crippen LogP) is 3.98. The SMILES string of the molecule is CCN(CC)C(=O)c1cccc(NC(=O)c2ccc3nc(C)c(C)nc3c2)c1. The summed E-state index contributed by atoms with van der Waals surface area (Å²) in [5.74, 6) is -0.303. The highest BCUT2D eigenvalue weighted by molar-refractivity contribution is 6.06. The summed E-state index contributed by atoms with van der Waals surface area (Å²) >= 11 is 0. The van der Waals surface area contributed by atoms with Gasteiger partial charge in [-0.3, -0.25) is 9.59 Å². The predicted molar refractivity (Wildman–Crippen MR) is 111 cm³/mol. The van der Waals surface area contributed by atoms with Crippen molar-refractivity contribution in [2.24, 2.45) is 0 Å². The number of amides is 2.